The van der Waals surface area contributed by atoms with Gasteiger partial charge in [-0.15, -0.1) is 0 Å². The molecule has 6 heteroatoms. The molecular weight excluding hydrogens is 334 g/mol. The number of nitrogen functional groups attached to an aromatic ring is 2. The van der Waals surface area contributed by atoms with Gasteiger partial charge in [-0.1, -0.05) is 17.7 Å². The van der Waals surface area contributed by atoms with Crippen LogP contribution in [0.3, 0.4) is 0 Å². The summed E-state index contributed by atoms with van der Waals surface area (Å²) in [5.74, 6) is -0.0483. The molecular formula is C19H18ClN5. The molecule has 0 fully saturated rings. The van der Waals surface area contributed by atoms with Gasteiger partial charge in [0, 0.05) is 46.5 Å². The first kappa shape index (κ1) is 16.8. The lowest BCUT2D eigenvalue weighted by Crippen LogP contribution is -2.13. The van der Waals surface area contributed by atoms with Crippen molar-refractivity contribution in [3.8, 4) is 11.1 Å². The molecule has 0 radical (unpaired) electrons. The number of aromatic nitrogens is 1. The van der Waals surface area contributed by atoms with Crippen LogP contribution in [0.2, 0.25) is 5.02 Å². The second-order valence-electron chi connectivity index (χ2n) is 5.66. The van der Waals surface area contributed by atoms with Crippen LogP contribution >= 0.6 is 11.6 Å². The van der Waals surface area contributed by atoms with E-state index < -0.39 is 0 Å². The predicted molar refractivity (Wildman–Crippen MR) is 104 cm³/mol. The first-order chi connectivity index (χ1) is 12.0. The van der Waals surface area contributed by atoms with Crippen molar-refractivity contribution in [3.63, 3.8) is 0 Å². The number of halogens is 1. The summed E-state index contributed by atoms with van der Waals surface area (Å²) in [6.45, 7) is 0.636. The van der Waals surface area contributed by atoms with Crippen LogP contribution in [-0.4, -0.2) is 10.8 Å². The number of hydrogen-bond donors (Lipinski definition) is 4. The Bertz CT molecular complexity index is 906. The number of nitrogens with zero attached hydrogens (tertiary/aromatic N) is 1. The van der Waals surface area contributed by atoms with Gasteiger partial charge in [0.25, 0.3) is 0 Å². The molecule has 2 aromatic carbocycles. The van der Waals surface area contributed by atoms with Crippen LogP contribution in [0.5, 0.6) is 0 Å². The monoisotopic (exact) mass is 351 g/mol. The summed E-state index contributed by atoms with van der Waals surface area (Å²) < 4.78 is 0. The fourth-order valence-electron chi connectivity index (χ4n) is 2.48. The van der Waals surface area contributed by atoms with Crippen LogP contribution in [0.15, 0.2) is 60.9 Å². The highest BCUT2D eigenvalue weighted by molar-refractivity contribution is 6.30. The number of benzene rings is 2. The summed E-state index contributed by atoms with van der Waals surface area (Å²) in [6.07, 6.45) is 3.59. The van der Waals surface area contributed by atoms with Crippen molar-refractivity contribution in [2.24, 2.45) is 5.73 Å². The minimum atomic E-state index is -0.0483. The number of anilines is 2. The molecule has 3 rings (SSSR count). The smallest absolute Gasteiger partial charge is 0.124 e. The molecule has 25 heavy (non-hydrogen) atoms. The Balaban J connectivity index is 1.80. The first-order valence-corrected chi connectivity index (χ1v) is 8.08. The Hall–Kier alpha value is -3.05. The topological polar surface area (TPSA) is 101 Å². The van der Waals surface area contributed by atoms with Gasteiger partial charge in [-0.2, -0.15) is 0 Å². The molecule has 0 aliphatic carbocycles. The molecule has 3 aromatic rings. The molecule has 5 nitrogen and oxygen atoms in total. The SMILES string of the molecule is N=C(N)c1cc(-c2cncc(CNc3ccc(Cl)cc3)c2)ccc1N. The van der Waals surface area contributed by atoms with E-state index in [1.807, 2.05) is 48.7 Å². The third-order valence-corrected chi connectivity index (χ3v) is 4.06. The summed E-state index contributed by atoms with van der Waals surface area (Å²) in [4.78, 5) is 4.31. The molecule has 0 unspecified atom stereocenters. The third kappa shape index (κ3) is 4.08. The van der Waals surface area contributed by atoms with Crippen molar-refractivity contribution >= 4 is 28.8 Å². The van der Waals surface area contributed by atoms with Crippen LogP contribution in [0.1, 0.15) is 11.1 Å². The third-order valence-electron chi connectivity index (χ3n) is 3.81. The molecule has 6 N–H and O–H groups in total. The minimum Gasteiger partial charge on any atom is -0.398 e. The zero-order valence-corrected chi connectivity index (χ0v) is 14.2. The fraction of sp³-hybridized carbons (Fsp3) is 0.0526. The minimum absolute atomic E-state index is 0.0483. The van der Waals surface area contributed by atoms with Crippen LogP contribution in [-0.2, 0) is 6.54 Å². The van der Waals surface area contributed by atoms with Gasteiger partial charge in [0.2, 0.25) is 0 Å². The summed E-state index contributed by atoms with van der Waals surface area (Å²) in [6, 6.07) is 15.1. The molecule has 0 spiro atoms. The van der Waals surface area contributed by atoms with Crippen LogP contribution in [0, 0.1) is 5.41 Å². The number of nitrogens with one attached hydrogen (secondary N) is 2. The van der Waals surface area contributed by atoms with Gasteiger partial charge in [0.1, 0.15) is 5.84 Å². The van der Waals surface area contributed by atoms with Crippen LogP contribution in [0.4, 0.5) is 11.4 Å². The lowest BCUT2D eigenvalue weighted by Gasteiger charge is -2.10. The van der Waals surface area contributed by atoms with Crippen molar-refractivity contribution in [2.75, 3.05) is 11.1 Å². The Morgan fingerprint density at radius 2 is 1.80 bits per heavy atom. The maximum atomic E-state index is 7.62. The van der Waals surface area contributed by atoms with Crippen molar-refractivity contribution in [1.82, 2.24) is 4.98 Å². The molecule has 0 aliphatic rings. The summed E-state index contributed by atoms with van der Waals surface area (Å²) in [5.41, 5.74) is 16.4. The van der Waals surface area contributed by atoms with E-state index in [4.69, 9.17) is 28.5 Å². The van der Waals surface area contributed by atoms with E-state index in [0.717, 1.165) is 22.4 Å². The van der Waals surface area contributed by atoms with Gasteiger partial charge < -0.3 is 16.8 Å². The van der Waals surface area contributed by atoms with E-state index in [0.29, 0.717) is 22.8 Å². The number of amidine groups is 1. The Labute approximate surface area is 151 Å². The second kappa shape index (κ2) is 7.23. The van der Waals surface area contributed by atoms with Gasteiger partial charge in [-0.3, -0.25) is 10.4 Å². The fourth-order valence-corrected chi connectivity index (χ4v) is 2.61. The molecule has 1 heterocycles. The van der Waals surface area contributed by atoms with Gasteiger partial charge >= 0.3 is 0 Å². The molecule has 0 bridgehead atoms. The highest BCUT2D eigenvalue weighted by atomic mass is 35.5. The molecule has 126 valence electrons. The van der Waals surface area contributed by atoms with E-state index in [-0.39, 0.29) is 5.84 Å². The molecule has 0 saturated carbocycles. The molecule has 0 atom stereocenters. The lowest BCUT2D eigenvalue weighted by molar-refractivity contribution is 1.11. The quantitative estimate of drug-likeness (QED) is 0.318. The predicted octanol–water partition coefficient (Wildman–Crippen LogP) is 3.88. The lowest BCUT2D eigenvalue weighted by atomic mass is 10.0. The van der Waals surface area contributed by atoms with Crippen molar-refractivity contribution < 1.29 is 0 Å². The molecule has 0 saturated heterocycles. The van der Waals surface area contributed by atoms with Crippen LogP contribution in [0.25, 0.3) is 11.1 Å². The van der Waals surface area contributed by atoms with Gasteiger partial charge in [-0.05, 0) is 53.6 Å². The summed E-state index contributed by atoms with van der Waals surface area (Å²) >= 11 is 5.89. The average molecular weight is 352 g/mol. The molecule has 0 amide bonds. The second-order valence-corrected chi connectivity index (χ2v) is 6.09. The van der Waals surface area contributed by atoms with Crippen LogP contribution < -0.4 is 16.8 Å². The number of pyridine rings is 1. The maximum Gasteiger partial charge on any atom is 0.124 e. The Kier molecular flexibility index (Phi) is 4.86. The van der Waals surface area contributed by atoms with Crippen molar-refractivity contribution in [2.45, 2.75) is 6.54 Å². The zero-order valence-electron chi connectivity index (χ0n) is 13.5. The number of hydrogen-bond acceptors (Lipinski definition) is 4. The largest absolute Gasteiger partial charge is 0.398 e. The maximum absolute atomic E-state index is 7.62. The first-order valence-electron chi connectivity index (χ1n) is 7.70. The van der Waals surface area contributed by atoms with Gasteiger partial charge in [0.05, 0.1) is 0 Å². The highest BCUT2D eigenvalue weighted by Gasteiger charge is 2.07. The normalized spacial score (nSPS) is 10.4. The Morgan fingerprint density at radius 3 is 2.52 bits per heavy atom. The zero-order chi connectivity index (χ0) is 17.8. The van der Waals surface area contributed by atoms with E-state index in [1.54, 1.807) is 12.3 Å². The van der Waals surface area contributed by atoms with E-state index in [1.165, 1.54) is 0 Å². The van der Waals surface area contributed by atoms with E-state index in [9.17, 15) is 0 Å². The van der Waals surface area contributed by atoms with Gasteiger partial charge in [0.15, 0.2) is 0 Å². The number of rotatable bonds is 5. The standard InChI is InChI=1S/C19H18ClN5/c20-15-2-4-16(5-3-15)25-10-12-7-14(11-24-9-12)13-1-6-18(21)17(8-13)19(22)23/h1-9,11,25H,10,21H2,(H3,22,23). The average Bonchev–Trinajstić information content (AvgIpc) is 2.61. The van der Waals surface area contributed by atoms with E-state index in [2.05, 4.69) is 10.3 Å². The van der Waals surface area contributed by atoms with Gasteiger partial charge in [-0.25, -0.2) is 0 Å². The highest BCUT2D eigenvalue weighted by Crippen LogP contribution is 2.24. The molecule has 0 aliphatic heterocycles. The molecule has 1 aromatic heterocycles. The van der Waals surface area contributed by atoms with Crippen molar-refractivity contribution in [1.29, 1.82) is 5.41 Å². The van der Waals surface area contributed by atoms with E-state index >= 15 is 0 Å². The Morgan fingerprint density at radius 1 is 1.04 bits per heavy atom. The summed E-state index contributed by atoms with van der Waals surface area (Å²) in [7, 11) is 0. The summed E-state index contributed by atoms with van der Waals surface area (Å²) in [5, 5.41) is 11.7. The number of nitrogens with two attached hydrogens (primary N) is 2. The van der Waals surface area contributed by atoms with Crippen molar-refractivity contribution in [3.05, 3.63) is 77.1 Å².